The van der Waals surface area contributed by atoms with Gasteiger partial charge in [-0.3, -0.25) is 0 Å². The van der Waals surface area contributed by atoms with Crippen LogP contribution in [0.25, 0.3) is 10.8 Å². The molecule has 106 valence electrons. The van der Waals surface area contributed by atoms with Crippen LogP contribution in [0.1, 0.15) is 24.2 Å². The highest BCUT2D eigenvalue weighted by Gasteiger charge is 2.51. The number of thiophene rings is 1. The highest BCUT2D eigenvalue weighted by atomic mass is 35.5. The maximum Gasteiger partial charge on any atom is 0.268 e. The number of hydrogen-bond acceptors (Lipinski definition) is 4. The molecule has 2 heterocycles. The van der Waals surface area contributed by atoms with E-state index in [-0.39, 0.29) is 5.41 Å². The van der Waals surface area contributed by atoms with Crippen molar-refractivity contribution < 1.29 is 4.52 Å². The van der Waals surface area contributed by atoms with Crippen molar-refractivity contribution in [2.45, 2.75) is 18.3 Å². The van der Waals surface area contributed by atoms with Gasteiger partial charge in [0, 0.05) is 10.0 Å². The van der Waals surface area contributed by atoms with Crippen molar-refractivity contribution in [1.29, 1.82) is 0 Å². The summed E-state index contributed by atoms with van der Waals surface area (Å²) in [5.41, 5.74) is 0.799. The first-order chi connectivity index (χ1) is 10.2. The molecule has 0 atom stereocenters. The third kappa shape index (κ3) is 2.18. The Balaban J connectivity index is 1.76. The van der Waals surface area contributed by atoms with Gasteiger partial charge in [0.2, 0.25) is 0 Å². The number of benzene rings is 1. The molecular weight excluding hydrogens is 327 g/mol. The second-order valence-electron chi connectivity index (χ2n) is 5.11. The SMILES string of the molecule is Clc1ccc(C2(c3noc(-c4cccs4)n3)CC2)c(Cl)c1. The second kappa shape index (κ2) is 4.83. The number of halogens is 2. The molecule has 1 fully saturated rings. The van der Waals surface area contributed by atoms with Crippen LogP contribution in [0.4, 0.5) is 0 Å². The average Bonchev–Trinajstić information content (AvgIpc) is 2.93. The predicted octanol–water partition coefficient (Wildman–Crippen LogP) is 5.18. The van der Waals surface area contributed by atoms with E-state index < -0.39 is 0 Å². The minimum absolute atomic E-state index is 0.222. The van der Waals surface area contributed by atoms with Gasteiger partial charge in [-0.25, -0.2) is 0 Å². The van der Waals surface area contributed by atoms with Crippen molar-refractivity contribution >= 4 is 34.5 Å². The summed E-state index contributed by atoms with van der Waals surface area (Å²) >= 11 is 13.9. The molecule has 0 radical (unpaired) electrons. The van der Waals surface area contributed by atoms with Crippen molar-refractivity contribution in [2.75, 3.05) is 0 Å². The molecule has 0 unspecified atom stereocenters. The van der Waals surface area contributed by atoms with Crippen molar-refractivity contribution in [3.05, 3.63) is 57.1 Å². The molecule has 0 saturated heterocycles. The van der Waals surface area contributed by atoms with Crippen LogP contribution in [0.5, 0.6) is 0 Å². The summed E-state index contributed by atoms with van der Waals surface area (Å²) in [6.45, 7) is 0. The Morgan fingerprint density at radius 2 is 2.05 bits per heavy atom. The van der Waals surface area contributed by atoms with E-state index in [1.54, 1.807) is 17.4 Å². The maximum absolute atomic E-state index is 6.34. The fraction of sp³-hybridized carbons (Fsp3) is 0.200. The van der Waals surface area contributed by atoms with E-state index in [0.29, 0.717) is 21.8 Å². The van der Waals surface area contributed by atoms with E-state index >= 15 is 0 Å². The van der Waals surface area contributed by atoms with Crippen LogP contribution in [0.15, 0.2) is 40.2 Å². The smallest absolute Gasteiger partial charge is 0.268 e. The molecule has 2 aromatic heterocycles. The van der Waals surface area contributed by atoms with Crippen LogP contribution < -0.4 is 0 Å². The standard InChI is InChI=1S/C15H10Cl2N2OS/c16-9-3-4-10(11(17)8-9)15(5-6-15)14-18-13(20-19-14)12-2-1-7-21-12/h1-4,7-8H,5-6H2. The van der Waals surface area contributed by atoms with Crippen LogP contribution in [0.2, 0.25) is 10.0 Å². The number of aromatic nitrogens is 2. The van der Waals surface area contributed by atoms with E-state index in [2.05, 4.69) is 10.1 Å². The molecule has 1 aromatic carbocycles. The molecule has 0 N–H and O–H groups in total. The molecule has 0 spiro atoms. The van der Waals surface area contributed by atoms with E-state index in [1.165, 1.54) is 0 Å². The zero-order valence-electron chi connectivity index (χ0n) is 10.8. The van der Waals surface area contributed by atoms with Gasteiger partial charge in [0.1, 0.15) is 0 Å². The van der Waals surface area contributed by atoms with E-state index in [4.69, 9.17) is 27.7 Å². The topological polar surface area (TPSA) is 38.9 Å². The highest BCUT2D eigenvalue weighted by molar-refractivity contribution is 7.13. The van der Waals surface area contributed by atoms with Gasteiger partial charge in [0.05, 0.1) is 10.3 Å². The quantitative estimate of drug-likeness (QED) is 0.661. The third-order valence-corrected chi connectivity index (χ3v) is 5.19. The van der Waals surface area contributed by atoms with Crippen LogP contribution in [-0.4, -0.2) is 10.1 Å². The van der Waals surface area contributed by atoms with Crippen molar-refractivity contribution in [2.24, 2.45) is 0 Å². The monoisotopic (exact) mass is 336 g/mol. The van der Waals surface area contributed by atoms with Gasteiger partial charge in [0.15, 0.2) is 5.82 Å². The summed E-state index contributed by atoms with van der Waals surface area (Å²) in [6.07, 6.45) is 1.94. The summed E-state index contributed by atoms with van der Waals surface area (Å²) in [4.78, 5) is 5.55. The molecule has 6 heteroatoms. The zero-order valence-corrected chi connectivity index (χ0v) is 13.2. The van der Waals surface area contributed by atoms with Crippen molar-refractivity contribution in [1.82, 2.24) is 10.1 Å². The van der Waals surface area contributed by atoms with Gasteiger partial charge >= 0.3 is 0 Å². The summed E-state index contributed by atoms with van der Waals surface area (Å²) in [5, 5.41) is 7.45. The molecule has 4 rings (SSSR count). The molecular formula is C15H10Cl2N2OS. The fourth-order valence-electron chi connectivity index (χ4n) is 2.53. The number of rotatable bonds is 3. The molecule has 1 aliphatic rings. The number of hydrogen-bond donors (Lipinski definition) is 0. The lowest BCUT2D eigenvalue weighted by Gasteiger charge is -2.13. The third-order valence-electron chi connectivity index (χ3n) is 3.78. The summed E-state index contributed by atoms with van der Waals surface area (Å²) < 4.78 is 5.40. The predicted molar refractivity (Wildman–Crippen MR) is 84.1 cm³/mol. The average molecular weight is 337 g/mol. The minimum atomic E-state index is -0.222. The Kier molecular flexibility index (Phi) is 3.06. The molecule has 3 aromatic rings. The van der Waals surface area contributed by atoms with Gasteiger partial charge in [-0.15, -0.1) is 11.3 Å². The molecule has 1 saturated carbocycles. The van der Waals surface area contributed by atoms with Crippen LogP contribution >= 0.6 is 34.5 Å². The number of nitrogens with zero attached hydrogens (tertiary/aromatic N) is 2. The molecule has 1 aliphatic carbocycles. The maximum atomic E-state index is 6.34. The van der Waals surface area contributed by atoms with Crippen molar-refractivity contribution in [3.8, 4) is 10.8 Å². The lowest BCUT2D eigenvalue weighted by atomic mass is 9.95. The molecule has 0 amide bonds. The first kappa shape index (κ1) is 13.3. The van der Waals surface area contributed by atoms with E-state index in [1.807, 2.05) is 29.6 Å². The summed E-state index contributed by atoms with van der Waals surface area (Å²) in [5.74, 6) is 1.27. The molecule has 0 aliphatic heterocycles. The second-order valence-corrected chi connectivity index (χ2v) is 6.90. The zero-order chi connectivity index (χ0) is 14.4. The molecule has 3 nitrogen and oxygen atoms in total. The van der Waals surface area contributed by atoms with Crippen molar-refractivity contribution in [3.63, 3.8) is 0 Å². The van der Waals surface area contributed by atoms with Crippen LogP contribution in [0.3, 0.4) is 0 Å². The lowest BCUT2D eigenvalue weighted by molar-refractivity contribution is 0.418. The first-order valence-electron chi connectivity index (χ1n) is 6.53. The highest BCUT2D eigenvalue weighted by Crippen LogP contribution is 2.54. The lowest BCUT2D eigenvalue weighted by Crippen LogP contribution is -2.11. The van der Waals surface area contributed by atoms with Gasteiger partial charge in [-0.05, 0) is 42.0 Å². The fourth-order valence-corrected chi connectivity index (χ4v) is 3.77. The first-order valence-corrected chi connectivity index (χ1v) is 8.16. The van der Waals surface area contributed by atoms with Gasteiger partial charge in [0.25, 0.3) is 5.89 Å². The van der Waals surface area contributed by atoms with E-state index in [0.717, 1.165) is 23.3 Å². The molecule has 21 heavy (non-hydrogen) atoms. The van der Waals surface area contributed by atoms with Gasteiger partial charge in [-0.2, -0.15) is 4.98 Å². The van der Waals surface area contributed by atoms with Gasteiger partial charge < -0.3 is 4.52 Å². The Labute approximate surface area is 135 Å². The molecule has 0 bridgehead atoms. The Bertz CT molecular complexity index is 794. The van der Waals surface area contributed by atoms with Crippen LogP contribution in [-0.2, 0) is 5.41 Å². The summed E-state index contributed by atoms with van der Waals surface area (Å²) in [7, 11) is 0. The Hall–Kier alpha value is -1.36. The largest absolute Gasteiger partial charge is 0.333 e. The van der Waals surface area contributed by atoms with E-state index in [9.17, 15) is 0 Å². The minimum Gasteiger partial charge on any atom is -0.333 e. The Morgan fingerprint density at radius 1 is 1.19 bits per heavy atom. The summed E-state index contributed by atoms with van der Waals surface area (Å²) in [6, 6.07) is 9.50. The normalized spacial score (nSPS) is 16.1. The van der Waals surface area contributed by atoms with Gasteiger partial charge in [-0.1, -0.05) is 40.5 Å². The Morgan fingerprint density at radius 3 is 2.71 bits per heavy atom. The van der Waals surface area contributed by atoms with Crippen LogP contribution in [0, 0.1) is 0 Å².